The zero-order valence-corrected chi connectivity index (χ0v) is 9.61. The molecule has 1 aromatic carbocycles. The van der Waals surface area contributed by atoms with Crippen molar-refractivity contribution in [1.82, 2.24) is 0 Å². The molecule has 0 radical (unpaired) electrons. The molecule has 5 nitrogen and oxygen atoms in total. The highest BCUT2D eigenvalue weighted by molar-refractivity contribution is 8.19. The molecule has 1 aromatic rings. The van der Waals surface area contributed by atoms with Crippen molar-refractivity contribution in [3.63, 3.8) is 0 Å². The van der Waals surface area contributed by atoms with E-state index in [0.29, 0.717) is 0 Å². The smallest absolute Gasteiger partial charge is 0.159 e. The summed E-state index contributed by atoms with van der Waals surface area (Å²) < 4.78 is 27.2. The second-order valence-electron chi connectivity index (χ2n) is 3.38. The predicted molar refractivity (Wildman–Crippen MR) is 60.2 cm³/mol. The van der Waals surface area contributed by atoms with Gasteiger partial charge in [0, 0.05) is 11.1 Å². The maximum absolute atomic E-state index is 11.2. The fourth-order valence-electron chi connectivity index (χ4n) is 1.16. The van der Waals surface area contributed by atoms with E-state index in [1.54, 1.807) is 0 Å². The molecule has 0 saturated carbocycles. The number of rotatable bonds is 3. The van der Waals surface area contributed by atoms with Crippen LogP contribution in [0, 0.1) is 0 Å². The second kappa shape index (κ2) is 4.34. The second-order valence-corrected chi connectivity index (χ2v) is 4.89. The van der Waals surface area contributed by atoms with Crippen LogP contribution in [0.4, 0.5) is 0 Å². The molecule has 6 heteroatoms. The molecule has 0 spiro atoms. The average molecular weight is 244 g/mol. The molecule has 16 heavy (non-hydrogen) atoms. The van der Waals surface area contributed by atoms with Gasteiger partial charge in [0.25, 0.3) is 0 Å². The number of Topliss-reactive ketones (excluding diaryl/α,β-unsaturated/α-hetero) is 2. The highest BCUT2D eigenvalue weighted by Crippen LogP contribution is 2.44. The van der Waals surface area contributed by atoms with Crippen molar-refractivity contribution in [3.05, 3.63) is 29.3 Å². The van der Waals surface area contributed by atoms with Crippen LogP contribution in [0.5, 0.6) is 0 Å². The fraction of sp³-hybridized carbons (Fsp3) is 0.200. The van der Waals surface area contributed by atoms with Gasteiger partial charge < -0.3 is 13.7 Å². The summed E-state index contributed by atoms with van der Waals surface area (Å²) in [7, 11) is -3.92. The maximum atomic E-state index is 11.2. The van der Waals surface area contributed by atoms with E-state index in [0.717, 1.165) is 12.1 Å². The zero-order chi connectivity index (χ0) is 12.5. The summed E-state index contributed by atoms with van der Waals surface area (Å²) in [6.07, 6.45) is 0. The highest BCUT2D eigenvalue weighted by atomic mass is 32.3. The van der Waals surface area contributed by atoms with Crippen molar-refractivity contribution in [3.8, 4) is 0 Å². The van der Waals surface area contributed by atoms with Gasteiger partial charge in [-0.3, -0.25) is 9.59 Å². The third-order valence-electron chi connectivity index (χ3n) is 2.04. The van der Waals surface area contributed by atoms with Crippen LogP contribution < -0.4 is 0 Å². The van der Waals surface area contributed by atoms with E-state index in [4.69, 9.17) is 13.7 Å². The Morgan fingerprint density at radius 3 is 1.56 bits per heavy atom. The van der Waals surface area contributed by atoms with Crippen LogP contribution in [-0.2, 0) is 0 Å². The first-order chi connectivity index (χ1) is 7.21. The molecule has 1 rings (SSSR count). The Balaban J connectivity index is 3.42. The van der Waals surface area contributed by atoms with Gasteiger partial charge >= 0.3 is 0 Å². The lowest BCUT2D eigenvalue weighted by Crippen LogP contribution is -2.03. The minimum atomic E-state index is -3.92. The average Bonchev–Trinajstić information content (AvgIpc) is 2.15. The Morgan fingerprint density at radius 2 is 1.31 bits per heavy atom. The predicted octanol–water partition coefficient (Wildman–Crippen LogP) is 2.67. The van der Waals surface area contributed by atoms with Gasteiger partial charge in [-0.25, -0.2) is 0 Å². The van der Waals surface area contributed by atoms with E-state index < -0.39 is 10.9 Å². The number of hydrogen-bond donors (Lipinski definition) is 3. The molecule has 0 atom stereocenters. The summed E-state index contributed by atoms with van der Waals surface area (Å²) in [4.78, 5) is 22.1. The summed E-state index contributed by atoms with van der Waals surface area (Å²) in [6.45, 7) is 2.57. The van der Waals surface area contributed by atoms with E-state index >= 15 is 0 Å². The molecular formula is C10H12O5S. The number of carbonyl (C=O) groups is 2. The Kier molecular flexibility index (Phi) is 3.49. The summed E-state index contributed by atoms with van der Waals surface area (Å²) in [5.41, 5.74) is 0.299. The first kappa shape index (κ1) is 12.9. The van der Waals surface area contributed by atoms with E-state index in [1.807, 2.05) is 0 Å². The van der Waals surface area contributed by atoms with E-state index in [1.165, 1.54) is 19.9 Å². The third-order valence-corrected chi connectivity index (χ3v) is 2.90. The number of hydrogen-bond acceptors (Lipinski definition) is 5. The molecule has 3 N–H and O–H groups in total. The normalized spacial score (nSPS) is 12.3. The van der Waals surface area contributed by atoms with E-state index in [9.17, 15) is 9.59 Å². The van der Waals surface area contributed by atoms with Crippen molar-refractivity contribution in [1.29, 1.82) is 0 Å². The zero-order valence-electron chi connectivity index (χ0n) is 8.80. The molecule has 0 saturated heterocycles. The van der Waals surface area contributed by atoms with Gasteiger partial charge in [-0.2, -0.15) is 0 Å². The van der Waals surface area contributed by atoms with Crippen molar-refractivity contribution in [2.75, 3.05) is 0 Å². The molecule has 0 aliphatic heterocycles. The molecular weight excluding hydrogens is 232 g/mol. The molecule has 0 unspecified atom stereocenters. The van der Waals surface area contributed by atoms with Gasteiger partial charge in [-0.15, -0.1) is 0 Å². The quantitative estimate of drug-likeness (QED) is 0.710. The first-order valence-electron chi connectivity index (χ1n) is 4.39. The summed E-state index contributed by atoms with van der Waals surface area (Å²) in [5, 5.41) is 0. The van der Waals surface area contributed by atoms with Gasteiger partial charge in [-0.05, 0) is 32.0 Å². The minimum Gasteiger partial charge on any atom is -0.304 e. The van der Waals surface area contributed by atoms with Crippen LogP contribution in [0.1, 0.15) is 34.6 Å². The van der Waals surface area contributed by atoms with Crippen LogP contribution in [-0.4, -0.2) is 25.2 Å². The SMILES string of the molecule is CC(=O)c1cc(C(C)=O)cc(S(O)(O)O)c1. The number of ketones is 2. The molecule has 0 heterocycles. The summed E-state index contributed by atoms with van der Waals surface area (Å²) in [5.74, 6) is -0.652. The monoisotopic (exact) mass is 244 g/mol. The van der Waals surface area contributed by atoms with Crippen LogP contribution in [0.3, 0.4) is 0 Å². The van der Waals surface area contributed by atoms with Crippen LogP contribution in [0.2, 0.25) is 0 Å². The highest BCUT2D eigenvalue weighted by Gasteiger charge is 2.19. The summed E-state index contributed by atoms with van der Waals surface area (Å²) in [6, 6.07) is 3.66. The van der Waals surface area contributed by atoms with Gasteiger partial charge in [-0.1, -0.05) is 0 Å². The van der Waals surface area contributed by atoms with E-state index in [-0.39, 0.29) is 27.6 Å². The molecule has 0 aromatic heterocycles. The topological polar surface area (TPSA) is 94.8 Å². The Morgan fingerprint density at radius 1 is 0.938 bits per heavy atom. The Hall–Kier alpha value is -1.21. The standard InChI is InChI=1S/C10H12O5S/c1-6(11)8-3-9(7(2)12)5-10(4-8)16(13,14)15/h3-5,13-15H,1-2H3. The van der Waals surface area contributed by atoms with E-state index in [2.05, 4.69) is 0 Å². The lowest BCUT2D eigenvalue weighted by molar-refractivity contribution is 0.101. The summed E-state index contributed by atoms with van der Waals surface area (Å²) >= 11 is 0. The van der Waals surface area contributed by atoms with Crippen LogP contribution in [0.25, 0.3) is 0 Å². The van der Waals surface area contributed by atoms with Gasteiger partial charge in [0.1, 0.15) is 10.9 Å². The molecule has 0 amide bonds. The van der Waals surface area contributed by atoms with Crippen LogP contribution >= 0.6 is 10.9 Å². The molecule has 0 fully saturated rings. The number of carbonyl (C=O) groups excluding carboxylic acids is 2. The Bertz CT molecular complexity index is 415. The largest absolute Gasteiger partial charge is 0.304 e. The van der Waals surface area contributed by atoms with Crippen molar-refractivity contribution < 1.29 is 23.2 Å². The van der Waals surface area contributed by atoms with Crippen molar-refractivity contribution in [2.45, 2.75) is 18.7 Å². The van der Waals surface area contributed by atoms with Gasteiger partial charge in [0.05, 0.1) is 4.90 Å². The van der Waals surface area contributed by atoms with Gasteiger partial charge in [0.15, 0.2) is 11.6 Å². The third kappa shape index (κ3) is 2.89. The van der Waals surface area contributed by atoms with Crippen molar-refractivity contribution >= 4 is 22.4 Å². The van der Waals surface area contributed by atoms with Crippen molar-refractivity contribution in [2.24, 2.45) is 0 Å². The fourth-order valence-corrected chi connectivity index (χ4v) is 1.73. The number of benzene rings is 1. The molecule has 0 aliphatic carbocycles. The maximum Gasteiger partial charge on any atom is 0.159 e. The first-order valence-corrected chi connectivity index (χ1v) is 5.90. The van der Waals surface area contributed by atoms with Gasteiger partial charge in [0.2, 0.25) is 0 Å². The minimum absolute atomic E-state index is 0.150. The van der Waals surface area contributed by atoms with Crippen LogP contribution in [0.15, 0.2) is 23.1 Å². The molecule has 0 aliphatic rings. The Labute approximate surface area is 94.3 Å². The lowest BCUT2D eigenvalue weighted by Gasteiger charge is -2.20. The molecule has 0 bridgehead atoms. The lowest BCUT2D eigenvalue weighted by atomic mass is 10.1. The molecule has 88 valence electrons.